The first-order valence-electron chi connectivity index (χ1n) is 8.27. The zero-order chi connectivity index (χ0) is 19.3. The Morgan fingerprint density at radius 2 is 1.88 bits per heavy atom. The van der Waals surface area contributed by atoms with Gasteiger partial charge in [0.25, 0.3) is 5.91 Å². The van der Waals surface area contributed by atoms with E-state index >= 15 is 0 Å². The standard InChI is InChI=1S/C17H22N4O4S/c1-3-17(4-2)15(24)21(16(25)20-17)9-14(23)19-11-7-5-6-8-12(11)26-10-13(18)22/h5-8H,3-4,9-10H2,1-2H3,(H2,18,22)(H,19,23)(H,20,25). The zero-order valence-electron chi connectivity index (χ0n) is 14.7. The SMILES string of the molecule is CCC1(CC)NC(=O)N(CC(=O)Nc2ccccc2SCC(N)=O)C1=O. The summed E-state index contributed by atoms with van der Waals surface area (Å²) in [4.78, 5) is 49.6. The summed E-state index contributed by atoms with van der Waals surface area (Å²) < 4.78 is 0. The number of amides is 5. The molecular formula is C17H22N4O4S. The quantitative estimate of drug-likeness (QED) is 0.465. The second-order valence-corrected chi connectivity index (χ2v) is 6.93. The fourth-order valence-electron chi connectivity index (χ4n) is 2.73. The summed E-state index contributed by atoms with van der Waals surface area (Å²) in [6.07, 6.45) is 0.914. The highest BCUT2D eigenvalue weighted by Gasteiger charge is 2.49. The molecule has 0 unspecified atom stereocenters. The minimum absolute atomic E-state index is 0.0788. The van der Waals surface area contributed by atoms with E-state index in [1.807, 2.05) is 13.8 Å². The minimum atomic E-state index is -0.938. The third kappa shape index (κ3) is 4.16. The summed E-state index contributed by atoms with van der Waals surface area (Å²) in [5.41, 5.74) is 4.70. The monoisotopic (exact) mass is 378 g/mol. The van der Waals surface area contributed by atoms with Crippen LogP contribution in [0.25, 0.3) is 0 Å². The van der Waals surface area contributed by atoms with Crippen molar-refractivity contribution in [2.45, 2.75) is 37.1 Å². The molecule has 0 aromatic heterocycles. The van der Waals surface area contributed by atoms with E-state index < -0.39 is 23.4 Å². The zero-order valence-corrected chi connectivity index (χ0v) is 15.5. The van der Waals surface area contributed by atoms with E-state index in [0.717, 1.165) is 4.90 Å². The summed E-state index contributed by atoms with van der Waals surface area (Å²) in [6, 6.07) is 6.36. The fourth-order valence-corrected chi connectivity index (χ4v) is 3.47. The number of imide groups is 1. The number of nitrogens with one attached hydrogen (secondary N) is 2. The first kappa shape index (κ1) is 19.8. The second kappa shape index (κ2) is 8.22. The highest BCUT2D eigenvalue weighted by molar-refractivity contribution is 8.00. The molecule has 5 amide bonds. The lowest BCUT2D eigenvalue weighted by Crippen LogP contribution is -2.46. The van der Waals surface area contributed by atoms with Crippen LogP contribution in [0.4, 0.5) is 10.5 Å². The minimum Gasteiger partial charge on any atom is -0.369 e. The molecule has 1 saturated heterocycles. The predicted molar refractivity (Wildman–Crippen MR) is 98.5 cm³/mol. The molecule has 0 atom stereocenters. The van der Waals surface area contributed by atoms with E-state index in [-0.39, 0.29) is 18.2 Å². The molecule has 1 aromatic rings. The topological polar surface area (TPSA) is 122 Å². The van der Waals surface area contributed by atoms with Crippen molar-refractivity contribution in [2.24, 2.45) is 5.73 Å². The molecule has 2 rings (SSSR count). The number of anilines is 1. The summed E-state index contributed by atoms with van der Waals surface area (Å²) in [5.74, 6) is -1.27. The van der Waals surface area contributed by atoms with E-state index in [1.54, 1.807) is 24.3 Å². The molecule has 1 fully saturated rings. The van der Waals surface area contributed by atoms with E-state index in [9.17, 15) is 19.2 Å². The third-order valence-corrected chi connectivity index (χ3v) is 5.38. The molecule has 8 nitrogen and oxygen atoms in total. The van der Waals surface area contributed by atoms with Gasteiger partial charge in [-0.15, -0.1) is 11.8 Å². The fraction of sp³-hybridized carbons (Fsp3) is 0.412. The van der Waals surface area contributed by atoms with Gasteiger partial charge in [0, 0.05) is 4.90 Å². The van der Waals surface area contributed by atoms with Crippen LogP contribution in [0.2, 0.25) is 0 Å². The van der Waals surface area contributed by atoms with Crippen LogP contribution in [0, 0.1) is 0 Å². The van der Waals surface area contributed by atoms with E-state index in [1.165, 1.54) is 11.8 Å². The van der Waals surface area contributed by atoms with Gasteiger partial charge in [-0.2, -0.15) is 0 Å². The Bertz CT molecular complexity index is 733. The highest BCUT2D eigenvalue weighted by atomic mass is 32.2. The lowest BCUT2D eigenvalue weighted by atomic mass is 9.93. The number of nitrogens with zero attached hydrogens (tertiary/aromatic N) is 1. The molecule has 1 heterocycles. The van der Waals surface area contributed by atoms with Crippen molar-refractivity contribution in [3.05, 3.63) is 24.3 Å². The van der Waals surface area contributed by atoms with Gasteiger partial charge in [-0.25, -0.2) is 4.79 Å². The maximum Gasteiger partial charge on any atom is 0.325 e. The van der Waals surface area contributed by atoms with Crippen molar-refractivity contribution < 1.29 is 19.2 Å². The number of primary amides is 1. The van der Waals surface area contributed by atoms with Gasteiger partial charge >= 0.3 is 6.03 Å². The van der Waals surface area contributed by atoms with Crippen LogP contribution in [0.15, 0.2) is 29.2 Å². The summed E-state index contributed by atoms with van der Waals surface area (Å²) in [5, 5.41) is 5.36. The number of urea groups is 1. The second-order valence-electron chi connectivity index (χ2n) is 5.91. The number of benzene rings is 1. The maximum atomic E-state index is 12.5. The smallest absolute Gasteiger partial charge is 0.325 e. The van der Waals surface area contributed by atoms with E-state index in [0.29, 0.717) is 23.4 Å². The molecule has 26 heavy (non-hydrogen) atoms. The molecule has 9 heteroatoms. The summed E-state index contributed by atoms with van der Waals surface area (Å²) in [6.45, 7) is 3.26. The maximum absolute atomic E-state index is 12.5. The molecular weight excluding hydrogens is 356 g/mol. The van der Waals surface area contributed by atoms with Gasteiger partial charge in [0.15, 0.2) is 0 Å². The molecule has 0 spiro atoms. The molecule has 1 aliphatic rings. The molecule has 4 N–H and O–H groups in total. The molecule has 0 aliphatic carbocycles. The van der Waals surface area contributed by atoms with Gasteiger partial charge in [0.05, 0.1) is 11.4 Å². The molecule has 140 valence electrons. The first-order valence-corrected chi connectivity index (χ1v) is 9.25. The van der Waals surface area contributed by atoms with Crippen molar-refractivity contribution in [2.75, 3.05) is 17.6 Å². The number of thioether (sulfide) groups is 1. The predicted octanol–water partition coefficient (Wildman–Crippen LogP) is 1.31. The van der Waals surface area contributed by atoms with Crippen molar-refractivity contribution in [3.63, 3.8) is 0 Å². The normalized spacial score (nSPS) is 15.7. The van der Waals surface area contributed by atoms with Gasteiger partial charge in [0.2, 0.25) is 11.8 Å². The first-order chi connectivity index (χ1) is 12.3. The molecule has 0 bridgehead atoms. The highest BCUT2D eigenvalue weighted by Crippen LogP contribution is 2.27. The van der Waals surface area contributed by atoms with Crippen molar-refractivity contribution in [1.82, 2.24) is 10.2 Å². The lowest BCUT2D eigenvalue weighted by molar-refractivity contribution is -0.134. The number of nitrogens with two attached hydrogens (primary N) is 1. The lowest BCUT2D eigenvalue weighted by Gasteiger charge is -2.23. The average Bonchev–Trinajstić information content (AvgIpc) is 2.85. The number of carbonyl (C=O) groups is 4. The Morgan fingerprint density at radius 1 is 1.23 bits per heavy atom. The summed E-state index contributed by atoms with van der Waals surface area (Å²) >= 11 is 1.20. The van der Waals surface area contributed by atoms with Crippen molar-refractivity contribution in [1.29, 1.82) is 0 Å². The Labute approximate surface area is 155 Å². The van der Waals surface area contributed by atoms with Crippen LogP contribution in [0.1, 0.15) is 26.7 Å². The Hall–Kier alpha value is -2.55. The van der Waals surface area contributed by atoms with Crippen LogP contribution in [0.3, 0.4) is 0 Å². The van der Waals surface area contributed by atoms with Crippen LogP contribution in [-0.4, -0.2) is 46.5 Å². The number of carbonyl (C=O) groups excluding carboxylic acids is 4. The van der Waals surface area contributed by atoms with Crippen LogP contribution >= 0.6 is 11.8 Å². The van der Waals surface area contributed by atoms with Crippen molar-refractivity contribution in [3.8, 4) is 0 Å². The van der Waals surface area contributed by atoms with Crippen LogP contribution < -0.4 is 16.4 Å². The van der Waals surface area contributed by atoms with Gasteiger partial charge in [-0.05, 0) is 25.0 Å². The van der Waals surface area contributed by atoms with Gasteiger partial charge < -0.3 is 16.4 Å². The largest absolute Gasteiger partial charge is 0.369 e. The molecule has 1 aliphatic heterocycles. The van der Waals surface area contributed by atoms with Crippen LogP contribution in [-0.2, 0) is 14.4 Å². The Balaban J connectivity index is 2.07. The van der Waals surface area contributed by atoms with Gasteiger partial charge in [-0.1, -0.05) is 26.0 Å². The van der Waals surface area contributed by atoms with Gasteiger partial charge in [0.1, 0.15) is 12.1 Å². The van der Waals surface area contributed by atoms with Gasteiger partial charge in [-0.3, -0.25) is 19.3 Å². The van der Waals surface area contributed by atoms with E-state index in [2.05, 4.69) is 10.6 Å². The number of rotatable bonds is 8. The Kier molecular flexibility index (Phi) is 6.25. The Morgan fingerprint density at radius 3 is 2.46 bits per heavy atom. The molecule has 0 saturated carbocycles. The number of para-hydroxylation sites is 1. The van der Waals surface area contributed by atoms with E-state index in [4.69, 9.17) is 5.73 Å². The third-order valence-electron chi connectivity index (χ3n) is 4.29. The number of hydrogen-bond donors (Lipinski definition) is 3. The number of hydrogen-bond acceptors (Lipinski definition) is 5. The average molecular weight is 378 g/mol. The molecule has 1 aromatic carbocycles. The van der Waals surface area contributed by atoms with Crippen LogP contribution in [0.5, 0.6) is 0 Å². The van der Waals surface area contributed by atoms with Crippen molar-refractivity contribution >= 4 is 41.2 Å². The molecule has 0 radical (unpaired) electrons. The summed E-state index contributed by atoms with van der Waals surface area (Å²) in [7, 11) is 0.